The second-order valence-corrected chi connectivity index (χ2v) is 6.32. The third kappa shape index (κ3) is 3.18. The standard InChI is InChI=1S/C16H23N3O2/c1-11-9-12(2)17-15(14(11)16(20)21)19-7-5-18(6-8-19)10-13-3-4-13/h9,13H,3-8,10H2,1-2H3,(H,20,21). The summed E-state index contributed by atoms with van der Waals surface area (Å²) in [7, 11) is 0. The van der Waals surface area contributed by atoms with E-state index in [4.69, 9.17) is 0 Å². The van der Waals surface area contributed by atoms with Crippen molar-refractivity contribution in [2.75, 3.05) is 37.6 Å². The fraction of sp³-hybridized carbons (Fsp3) is 0.625. The molecule has 2 heterocycles. The maximum atomic E-state index is 11.5. The molecule has 1 aliphatic heterocycles. The number of carboxylic acid groups (broad SMARTS) is 1. The molecule has 0 amide bonds. The Morgan fingerprint density at radius 1 is 1.29 bits per heavy atom. The lowest BCUT2D eigenvalue weighted by Crippen LogP contribution is -2.47. The first-order valence-corrected chi connectivity index (χ1v) is 7.73. The molecular weight excluding hydrogens is 266 g/mol. The number of hydrogen-bond donors (Lipinski definition) is 1. The number of rotatable bonds is 4. The number of pyridine rings is 1. The van der Waals surface area contributed by atoms with Crippen LogP contribution in [0.1, 0.15) is 34.5 Å². The molecule has 1 N–H and O–H groups in total. The van der Waals surface area contributed by atoms with Crippen LogP contribution in [0.15, 0.2) is 6.07 Å². The molecule has 21 heavy (non-hydrogen) atoms. The molecule has 5 heteroatoms. The van der Waals surface area contributed by atoms with Crippen molar-refractivity contribution in [3.8, 4) is 0 Å². The van der Waals surface area contributed by atoms with E-state index in [1.807, 2.05) is 19.9 Å². The van der Waals surface area contributed by atoms with Gasteiger partial charge in [-0.25, -0.2) is 9.78 Å². The van der Waals surface area contributed by atoms with Gasteiger partial charge in [-0.1, -0.05) is 0 Å². The van der Waals surface area contributed by atoms with Crippen molar-refractivity contribution in [1.29, 1.82) is 0 Å². The van der Waals surface area contributed by atoms with Crippen molar-refractivity contribution in [3.05, 3.63) is 22.9 Å². The third-order valence-electron chi connectivity index (χ3n) is 4.42. The summed E-state index contributed by atoms with van der Waals surface area (Å²) in [6.45, 7) is 8.72. The Hall–Kier alpha value is -1.62. The van der Waals surface area contributed by atoms with Gasteiger partial charge in [0.1, 0.15) is 11.4 Å². The highest BCUT2D eigenvalue weighted by Gasteiger charge is 2.28. The smallest absolute Gasteiger partial charge is 0.339 e. The van der Waals surface area contributed by atoms with Crippen LogP contribution < -0.4 is 4.90 Å². The van der Waals surface area contributed by atoms with Crippen LogP contribution in [0.4, 0.5) is 5.82 Å². The number of aryl methyl sites for hydroxylation is 2. The largest absolute Gasteiger partial charge is 0.478 e. The molecule has 1 saturated carbocycles. The van der Waals surface area contributed by atoms with Gasteiger partial charge >= 0.3 is 5.97 Å². The van der Waals surface area contributed by atoms with Crippen LogP contribution >= 0.6 is 0 Å². The first kappa shape index (κ1) is 14.3. The zero-order valence-corrected chi connectivity index (χ0v) is 12.8. The van der Waals surface area contributed by atoms with Crippen LogP contribution in [0, 0.1) is 19.8 Å². The van der Waals surface area contributed by atoms with Gasteiger partial charge in [-0.2, -0.15) is 0 Å². The zero-order chi connectivity index (χ0) is 15.0. The molecule has 0 atom stereocenters. The molecule has 1 aliphatic carbocycles. The molecule has 0 spiro atoms. The minimum atomic E-state index is -0.879. The van der Waals surface area contributed by atoms with Crippen molar-refractivity contribution in [2.45, 2.75) is 26.7 Å². The number of nitrogens with zero attached hydrogens (tertiary/aromatic N) is 3. The van der Waals surface area contributed by atoms with Crippen LogP contribution in [-0.2, 0) is 0 Å². The second kappa shape index (κ2) is 5.64. The number of carboxylic acids is 1. The van der Waals surface area contributed by atoms with E-state index < -0.39 is 5.97 Å². The average molecular weight is 289 g/mol. The Bertz CT molecular complexity index is 547. The molecule has 1 saturated heterocycles. The summed E-state index contributed by atoms with van der Waals surface area (Å²) in [5.41, 5.74) is 2.04. The van der Waals surface area contributed by atoms with Gasteiger partial charge in [0, 0.05) is 38.4 Å². The second-order valence-electron chi connectivity index (χ2n) is 6.32. The molecule has 1 aromatic heterocycles. The third-order valence-corrected chi connectivity index (χ3v) is 4.42. The number of carbonyl (C=O) groups is 1. The molecule has 0 bridgehead atoms. The lowest BCUT2D eigenvalue weighted by Gasteiger charge is -2.36. The molecule has 114 valence electrons. The Morgan fingerprint density at radius 2 is 1.95 bits per heavy atom. The first-order chi connectivity index (χ1) is 10.0. The number of hydrogen-bond acceptors (Lipinski definition) is 4. The van der Waals surface area contributed by atoms with Crippen molar-refractivity contribution in [1.82, 2.24) is 9.88 Å². The molecule has 0 unspecified atom stereocenters. The topological polar surface area (TPSA) is 56.7 Å². The summed E-state index contributed by atoms with van der Waals surface area (Å²) in [6, 6.07) is 1.84. The van der Waals surface area contributed by atoms with Crippen molar-refractivity contribution in [2.24, 2.45) is 5.92 Å². The first-order valence-electron chi connectivity index (χ1n) is 7.73. The van der Waals surface area contributed by atoms with Gasteiger partial charge in [-0.3, -0.25) is 4.90 Å². The van der Waals surface area contributed by atoms with Crippen molar-refractivity contribution < 1.29 is 9.90 Å². The quantitative estimate of drug-likeness (QED) is 0.918. The highest BCUT2D eigenvalue weighted by atomic mass is 16.4. The van der Waals surface area contributed by atoms with E-state index in [0.29, 0.717) is 11.4 Å². The van der Waals surface area contributed by atoms with Crippen LogP contribution in [0.5, 0.6) is 0 Å². The van der Waals surface area contributed by atoms with Gasteiger partial charge in [0.05, 0.1) is 0 Å². The molecule has 1 aromatic rings. The summed E-state index contributed by atoms with van der Waals surface area (Å²) in [5.74, 6) is 0.673. The molecule has 2 aliphatic rings. The Labute approximate surface area is 125 Å². The summed E-state index contributed by atoms with van der Waals surface area (Å²) in [4.78, 5) is 20.7. The van der Waals surface area contributed by atoms with E-state index in [9.17, 15) is 9.90 Å². The Balaban J connectivity index is 1.76. The van der Waals surface area contributed by atoms with Gasteiger partial charge in [0.25, 0.3) is 0 Å². The summed E-state index contributed by atoms with van der Waals surface area (Å²) in [6.07, 6.45) is 2.75. The van der Waals surface area contributed by atoms with Crippen LogP contribution in [0.3, 0.4) is 0 Å². The fourth-order valence-corrected chi connectivity index (χ4v) is 3.12. The average Bonchev–Trinajstić information content (AvgIpc) is 3.22. The normalized spacial score (nSPS) is 19.8. The monoisotopic (exact) mass is 289 g/mol. The summed E-state index contributed by atoms with van der Waals surface area (Å²) < 4.78 is 0. The number of aromatic nitrogens is 1. The van der Waals surface area contributed by atoms with Gasteiger partial charge < -0.3 is 10.0 Å². The van der Waals surface area contributed by atoms with Crippen molar-refractivity contribution >= 4 is 11.8 Å². The van der Waals surface area contributed by atoms with Crippen LogP contribution in [0.25, 0.3) is 0 Å². The summed E-state index contributed by atoms with van der Waals surface area (Å²) in [5, 5.41) is 9.47. The number of aromatic carboxylic acids is 1. The van der Waals surface area contributed by atoms with Gasteiger partial charge in [-0.05, 0) is 44.2 Å². The molecule has 2 fully saturated rings. The molecule has 0 aromatic carbocycles. The van der Waals surface area contributed by atoms with Gasteiger partial charge in [0.15, 0.2) is 0 Å². The lowest BCUT2D eigenvalue weighted by atomic mass is 10.1. The SMILES string of the molecule is Cc1cc(C)c(C(=O)O)c(N2CCN(CC3CC3)CC2)n1. The Morgan fingerprint density at radius 3 is 2.52 bits per heavy atom. The van der Waals surface area contributed by atoms with Crippen molar-refractivity contribution in [3.63, 3.8) is 0 Å². The highest BCUT2D eigenvalue weighted by Crippen LogP contribution is 2.30. The van der Waals surface area contributed by atoms with Gasteiger partial charge in [0.2, 0.25) is 0 Å². The van der Waals surface area contributed by atoms with Crippen LogP contribution in [0.2, 0.25) is 0 Å². The minimum absolute atomic E-state index is 0.358. The highest BCUT2D eigenvalue weighted by molar-refractivity contribution is 5.95. The van der Waals surface area contributed by atoms with E-state index in [1.54, 1.807) is 0 Å². The lowest BCUT2D eigenvalue weighted by molar-refractivity contribution is 0.0696. The van der Waals surface area contributed by atoms with Crippen LogP contribution in [-0.4, -0.2) is 53.7 Å². The molecule has 0 radical (unpaired) electrons. The van der Waals surface area contributed by atoms with Gasteiger partial charge in [-0.15, -0.1) is 0 Å². The fourth-order valence-electron chi connectivity index (χ4n) is 3.12. The van der Waals surface area contributed by atoms with E-state index >= 15 is 0 Å². The predicted octanol–water partition coefficient (Wildman–Crippen LogP) is 1.93. The predicted molar refractivity (Wildman–Crippen MR) is 82.0 cm³/mol. The summed E-state index contributed by atoms with van der Waals surface area (Å²) >= 11 is 0. The number of piperazine rings is 1. The molecular formula is C16H23N3O2. The molecule has 5 nitrogen and oxygen atoms in total. The zero-order valence-electron chi connectivity index (χ0n) is 12.8. The number of anilines is 1. The van der Waals surface area contributed by atoms with E-state index in [2.05, 4.69) is 14.8 Å². The maximum absolute atomic E-state index is 11.5. The van der Waals surface area contributed by atoms with E-state index in [0.717, 1.165) is 43.4 Å². The maximum Gasteiger partial charge on any atom is 0.339 e. The Kier molecular flexibility index (Phi) is 3.85. The van der Waals surface area contributed by atoms with E-state index in [1.165, 1.54) is 19.4 Å². The van der Waals surface area contributed by atoms with E-state index in [-0.39, 0.29) is 0 Å². The minimum Gasteiger partial charge on any atom is -0.478 e. The molecule has 3 rings (SSSR count).